The van der Waals surface area contributed by atoms with E-state index in [0.29, 0.717) is 36.1 Å². The topological polar surface area (TPSA) is 143 Å². The average molecular weight is 545 g/mol. The largest absolute Gasteiger partial charge is 0.465 e. The van der Waals surface area contributed by atoms with Gasteiger partial charge in [-0.1, -0.05) is 24.1 Å². The number of aryl methyl sites for hydroxylation is 1. The summed E-state index contributed by atoms with van der Waals surface area (Å²) in [5.41, 5.74) is 6.54. The summed E-state index contributed by atoms with van der Waals surface area (Å²) in [7, 11) is 0. The predicted molar refractivity (Wildman–Crippen MR) is 151 cm³/mol. The number of nitrogens with zero attached hydrogens (tertiary/aromatic N) is 7. The van der Waals surface area contributed by atoms with Gasteiger partial charge in [-0.05, 0) is 39.7 Å². The van der Waals surface area contributed by atoms with Crippen molar-refractivity contribution in [1.29, 1.82) is 0 Å². The van der Waals surface area contributed by atoms with Crippen molar-refractivity contribution in [3.8, 4) is 11.8 Å². The van der Waals surface area contributed by atoms with Crippen LogP contribution in [0, 0.1) is 18.8 Å². The second kappa shape index (κ2) is 11.3. The number of carbonyl (C=O) groups excluding carboxylic acids is 1. The second-order valence-corrected chi connectivity index (χ2v) is 9.74. The van der Waals surface area contributed by atoms with Crippen molar-refractivity contribution in [3.63, 3.8) is 0 Å². The molecule has 1 saturated heterocycles. The van der Waals surface area contributed by atoms with Crippen molar-refractivity contribution in [2.75, 3.05) is 24.6 Å². The highest BCUT2D eigenvalue weighted by atomic mass is 16.5. The molecule has 0 bridgehead atoms. The van der Waals surface area contributed by atoms with Gasteiger partial charge in [0.2, 0.25) is 5.95 Å². The van der Waals surface area contributed by atoms with Crippen LogP contribution in [0.3, 0.4) is 0 Å². The number of piperidine rings is 1. The summed E-state index contributed by atoms with van der Waals surface area (Å²) < 4.78 is 9.17. The lowest BCUT2D eigenvalue weighted by molar-refractivity contribution is -0.143. The molecular formula is C28H32N8O4. The number of nitrogens with two attached hydrogens (primary N) is 1. The van der Waals surface area contributed by atoms with E-state index in [-0.39, 0.29) is 36.9 Å². The molecule has 0 spiro atoms. The van der Waals surface area contributed by atoms with Crippen molar-refractivity contribution in [1.82, 2.24) is 28.7 Å². The highest BCUT2D eigenvalue weighted by Crippen LogP contribution is 2.23. The van der Waals surface area contributed by atoms with Crippen LogP contribution < -0.4 is 21.9 Å². The number of carbonyl (C=O) groups is 1. The first-order valence-corrected chi connectivity index (χ1v) is 13.3. The molecule has 1 aromatic carbocycles. The summed E-state index contributed by atoms with van der Waals surface area (Å²) in [6.45, 7) is 6.22. The van der Waals surface area contributed by atoms with Crippen molar-refractivity contribution in [2.24, 2.45) is 5.73 Å². The zero-order chi connectivity index (χ0) is 28.4. The van der Waals surface area contributed by atoms with Gasteiger partial charge in [-0.3, -0.25) is 23.3 Å². The minimum atomic E-state index is -0.681. The number of hydrogen-bond acceptors (Lipinski definition) is 9. The van der Waals surface area contributed by atoms with Gasteiger partial charge in [0.1, 0.15) is 12.4 Å². The molecule has 0 radical (unpaired) electrons. The molecule has 4 heterocycles. The molecule has 3 aromatic heterocycles. The van der Waals surface area contributed by atoms with Gasteiger partial charge in [0, 0.05) is 24.5 Å². The molecule has 12 nitrogen and oxygen atoms in total. The Morgan fingerprint density at radius 1 is 1.15 bits per heavy atom. The quantitative estimate of drug-likeness (QED) is 0.268. The number of benzene rings is 1. The number of ether oxygens (including phenoxy) is 1. The molecule has 1 unspecified atom stereocenters. The van der Waals surface area contributed by atoms with Gasteiger partial charge in [0.05, 0.1) is 30.9 Å². The molecule has 1 atom stereocenters. The van der Waals surface area contributed by atoms with E-state index in [1.54, 1.807) is 25.3 Å². The summed E-state index contributed by atoms with van der Waals surface area (Å²) in [5, 5.41) is 0.727. The van der Waals surface area contributed by atoms with E-state index in [2.05, 4.69) is 21.8 Å². The molecule has 40 heavy (non-hydrogen) atoms. The number of anilines is 1. The summed E-state index contributed by atoms with van der Waals surface area (Å²) in [5.74, 6) is 6.30. The van der Waals surface area contributed by atoms with Crippen molar-refractivity contribution in [3.05, 3.63) is 56.6 Å². The molecular weight excluding hydrogens is 512 g/mol. The Balaban J connectivity index is 1.78. The van der Waals surface area contributed by atoms with E-state index in [4.69, 9.17) is 15.5 Å². The Hall–Kier alpha value is -4.50. The second-order valence-electron chi connectivity index (χ2n) is 9.74. The minimum absolute atomic E-state index is 0.0491. The van der Waals surface area contributed by atoms with E-state index in [9.17, 15) is 14.4 Å². The number of para-hydroxylation sites is 1. The average Bonchev–Trinajstić information content (AvgIpc) is 3.31. The summed E-state index contributed by atoms with van der Waals surface area (Å²) in [6, 6.07) is 7.37. The summed E-state index contributed by atoms with van der Waals surface area (Å²) >= 11 is 0. The SMILES string of the molecule is CC#CCn1c(N2CCCC(N)C2)nc2c1c(=O)n(Cc1nc(C)nc3ccccc13)c(=O)n2CC(=O)OCC. The summed E-state index contributed by atoms with van der Waals surface area (Å²) in [6.07, 6.45) is 1.75. The molecule has 1 aliphatic rings. The van der Waals surface area contributed by atoms with E-state index < -0.39 is 23.8 Å². The standard InChI is InChI=1S/C28H32N8O4/c1-4-6-14-34-24-25(32-27(34)33-13-9-10-19(29)15-33)35(17-23(37)40-5-2)28(39)36(26(24)38)16-22-20-11-7-8-12-21(20)30-18(3)31-22/h7-8,11-12,19H,5,9-10,13-17,29H2,1-3H3. The molecule has 1 fully saturated rings. The third-order valence-corrected chi connectivity index (χ3v) is 6.94. The van der Waals surface area contributed by atoms with Crippen molar-refractivity contribution in [2.45, 2.75) is 59.3 Å². The number of esters is 1. The summed E-state index contributed by atoms with van der Waals surface area (Å²) in [4.78, 5) is 56.4. The molecule has 1 aliphatic heterocycles. The van der Waals surface area contributed by atoms with Crippen molar-refractivity contribution < 1.29 is 9.53 Å². The van der Waals surface area contributed by atoms with E-state index in [1.807, 2.05) is 29.2 Å². The number of rotatable bonds is 7. The van der Waals surface area contributed by atoms with Gasteiger partial charge < -0.3 is 15.4 Å². The first kappa shape index (κ1) is 27.1. The van der Waals surface area contributed by atoms with Crippen molar-refractivity contribution >= 4 is 34.0 Å². The number of fused-ring (bicyclic) bond motifs is 2. The molecule has 208 valence electrons. The normalized spacial score (nSPS) is 15.3. The van der Waals surface area contributed by atoms with Crippen LogP contribution in [0.5, 0.6) is 0 Å². The molecule has 0 amide bonds. The fourth-order valence-electron chi connectivity index (χ4n) is 5.18. The molecule has 2 N–H and O–H groups in total. The third-order valence-electron chi connectivity index (χ3n) is 6.94. The molecule has 0 aliphatic carbocycles. The fourth-order valence-corrected chi connectivity index (χ4v) is 5.18. The van der Waals surface area contributed by atoms with Crippen LogP contribution in [0.4, 0.5) is 5.95 Å². The van der Waals surface area contributed by atoms with Gasteiger partial charge in [0.25, 0.3) is 5.56 Å². The molecule has 0 saturated carbocycles. The minimum Gasteiger partial charge on any atom is -0.465 e. The highest BCUT2D eigenvalue weighted by molar-refractivity contribution is 5.81. The fraction of sp³-hybridized carbons (Fsp3) is 0.429. The van der Waals surface area contributed by atoms with Gasteiger partial charge >= 0.3 is 11.7 Å². The predicted octanol–water partition coefficient (Wildman–Crippen LogP) is 1.17. The Morgan fingerprint density at radius 3 is 2.70 bits per heavy atom. The zero-order valence-corrected chi connectivity index (χ0v) is 22.9. The smallest absolute Gasteiger partial charge is 0.333 e. The zero-order valence-electron chi connectivity index (χ0n) is 22.9. The lowest BCUT2D eigenvalue weighted by Crippen LogP contribution is -2.44. The van der Waals surface area contributed by atoms with Gasteiger partial charge in [-0.25, -0.2) is 14.8 Å². The highest BCUT2D eigenvalue weighted by Gasteiger charge is 2.28. The Morgan fingerprint density at radius 2 is 1.95 bits per heavy atom. The van der Waals surface area contributed by atoms with E-state index in [1.165, 1.54) is 4.57 Å². The maximum Gasteiger partial charge on any atom is 0.333 e. The number of imidazole rings is 1. The monoisotopic (exact) mass is 544 g/mol. The first-order valence-electron chi connectivity index (χ1n) is 13.3. The number of aromatic nitrogens is 6. The van der Waals surface area contributed by atoms with Crippen LogP contribution >= 0.6 is 0 Å². The van der Waals surface area contributed by atoms with Crippen LogP contribution in [0.1, 0.15) is 38.2 Å². The maximum absolute atomic E-state index is 14.1. The van der Waals surface area contributed by atoms with Gasteiger partial charge in [-0.2, -0.15) is 4.98 Å². The van der Waals surface area contributed by atoms with E-state index >= 15 is 0 Å². The van der Waals surface area contributed by atoms with Crippen LogP contribution in [-0.2, 0) is 29.2 Å². The first-order chi connectivity index (χ1) is 19.3. The van der Waals surface area contributed by atoms with Gasteiger partial charge in [0.15, 0.2) is 11.2 Å². The van der Waals surface area contributed by atoms with Crippen LogP contribution in [0.2, 0.25) is 0 Å². The van der Waals surface area contributed by atoms with Gasteiger partial charge in [-0.15, -0.1) is 5.92 Å². The molecule has 5 rings (SSSR count). The maximum atomic E-state index is 14.1. The molecule has 12 heteroatoms. The Kier molecular flexibility index (Phi) is 7.66. The third kappa shape index (κ3) is 5.08. The molecule has 4 aromatic rings. The number of hydrogen-bond donors (Lipinski definition) is 1. The van der Waals surface area contributed by atoms with Crippen LogP contribution in [-0.4, -0.2) is 60.4 Å². The Labute approximate surface area is 230 Å². The van der Waals surface area contributed by atoms with Crippen LogP contribution in [0.25, 0.3) is 22.1 Å². The van der Waals surface area contributed by atoms with Crippen LogP contribution in [0.15, 0.2) is 33.9 Å². The van der Waals surface area contributed by atoms with E-state index in [0.717, 1.165) is 22.8 Å². The lowest BCUT2D eigenvalue weighted by Gasteiger charge is -2.31. The Bertz CT molecular complexity index is 1770. The lowest BCUT2D eigenvalue weighted by atomic mass is 10.1.